The standard InChI is InChI=1S/C14H8Cl3N3O2/c1-22-14(21)12-5-11(7-2-3-8(15)9(16)4-7)19-13-10(17)6-18-20(12)13/h2-6H,1H3. The van der Waals surface area contributed by atoms with Crippen LogP contribution in [-0.2, 0) is 4.74 Å². The molecule has 112 valence electrons. The molecular weight excluding hydrogens is 349 g/mol. The van der Waals surface area contributed by atoms with Crippen LogP contribution in [0.5, 0.6) is 0 Å². The zero-order chi connectivity index (χ0) is 15.9. The number of hydrogen-bond acceptors (Lipinski definition) is 4. The van der Waals surface area contributed by atoms with Crippen LogP contribution in [0.2, 0.25) is 15.1 Å². The van der Waals surface area contributed by atoms with E-state index in [9.17, 15) is 4.79 Å². The van der Waals surface area contributed by atoms with Crippen molar-refractivity contribution in [1.82, 2.24) is 14.6 Å². The monoisotopic (exact) mass is 355 g/mol. The van der Waals surface area contributed by atoms with Gasteiger partial charge in [0.1, 0.15) is 5.02 Å². The quantitative estimate of drug-likeness (QED) is 0.647. The lowest BCUT2D eigenvalue weighted by Gasteiger charge is -2.07. The van der Waals surface area contributed by atoms with Crippen molar-refractivity contribution < 1.29 is 9.53 Å². The maximum Gasteiger partial charge on any atom is 0.356 e. The highest BCUT2D eigenvalue weighted by atomic mass is 35.5. The first-order valence-corrected chi connectivity index (χ1v) is 7.22. The molecule has 0 aliphatic rings. The number of aromatic nitrogens is 3. The summed E-state index contributed by atoms with van der Waals surface area (Å²) in [5, 5.41) is 5.18. The second-order valence-electron chi connectivity index (χ2n) is 4.38. The predicted molar refractivity (Wildman–Crippen MR) is 84.8 cm³/mol. The van der Waals surface area contributed by atoms with Gasteiger partial charge in [-0.25, -0.2) is 14.3 Å². The van der Waals surface area contributed by atoms with Gasteiger partial charge in [-0.1, -0.05) is 40.9 Å². The number of methoxy groups -OCH3 is 1. The van der Waals surface area contributed by atoms with Crippen molar-refractivity contribution in [2.45, 2.75) is 0 Å². The highest BCUT2D eigenvalue weighted by molar-refractivity contribution is 6.42. The molecular formula is C14H8Cl3N3O2. The Morgan fingerprint density at radius 3 is 2.59 bits per heavy atom. The summed E-state index contributed by atoms with van der Waals surface area (Å²) in [5.74, 6) is -0.548. The van der Waals surface area contributed by atoms with Crippen LogP contribution in [0.25, 0.3) is 16.9 Å². The van der Waals surface area contributed by atoms with E-state index in [0.717, 1.165) is 0 Å². The number of halogens is 3. The van der Waals surface area contributed by atoms with Crippen molar-refractivity contribution in [3.63, 3.8) is 0 Å². The Morgan fingerprint density at radius 1 is 1.14 bits per heavy atom. The van der Waals surface area contributed by atoms with E-state index in [0.29, 0.717) is 32.0 Å². The molecule has 0 radical (unpaired) electrons. The summed E-state index contributed by atoms with van der Waals surface area (Å²) in [5.41, 5.74) is 1.76. The highest BCUT2D eigenvalue weighted by Crippen LogP contribution is 2.29. The molecule has 3 rings (SSSR count). The van der Waals surface area contributed by atoms with Gasteiger partial charge in [0.05, 0.1) is 29.0 Å². The highest BCUT2D eigenvalue weighted by Gasteiger charge is 2.17. The van der Waals surface area contributed by atoms with E-state index >= 15 is 0 Å². The summed E-state index contributed by atoms with van der Waals surface area (Å²) in [6, 6.07) is 6.62. The molecule has 0 aliphatic heterocycles. The second kappa shape index (κ2) is 5.76. The molecule has 0 atom stereocenters. The van der Waals surface area contributed by atoms with Crippen LogP contribution in [0.15, 0.2) is 30.5 Å². The number of carbonyl (C=O) groups excluding carboxylic acids is 1. The molecule has 0 spiro atoms. The third kappa shape index (κ3) is 2.52. The molecule has 0 bridgehead atoms. The van der Waals surface area contributed by atoms with E-state index in [1.807, 2.05) is 0 Å². The molecule has 0 saturated carbocycles. The Balaban J connectivity index is 2.27. The molecule has 0 fully saturated rings. The molecule has 0 unspecified atom stereocenters. The lowest BCUT2D eigenvalue weighted by molar-refractivity contribution is 0.0590. The van der Waals surface area contributed by atoms with Gasteiger partial charge in [0.25, 0.3) is 0 Å². The maximum absolute atomic E-state index is 11.9. The normalized spacial score (nSPS) is 10.9. The van der Waals surface area contributed by atoms with Gasteiger partial charge in [-0.15, -0.1) is 0 Å². The Labute approximate surface area is 140 Å². The lowest BCUT2D eigenvalue weighted by atomic mass is 10.1. The topological polar surface area (TPSA) is 56.5 Å². The summed E-state index contributed by atoms with van der Waals surface area (Å²) >= 11 is 18.0. The van der Waals surface area contributed by atoms with E-state index in [1.165, 1.54) is 17.8 Å². The predicted octanol–water partition coefficient (Wildman–Crippen LogP) is 4.14. The van der Waals surface area contributed by atoms with Gasteiger partial charge in [-0.05, 0) is 18.2 Å². The zero-order valence-corrected chi connectivity index (χ0v) is 13.4. The largest absolute Gasteiger partial charge is 0.464 e. The number of carbonyl (C=O) groups is 1. The fourth-order valence-electron chi connectivity index (χ4n) is 1.99. The van der Waals surface area contributed by atoms with Gasteiger partial charge in [0.2, 0.25) is 0 Å². The molecule has 0 saturated heterocycles. The van der Waals surface area contributed by atoms with Gasteiger partial charge in [0, 0.05) is 5.56 Å². The smallest absolute Gasteiger partial charge is 0.356 e. The van der Waals surface area contributed by atoms with Crippen LogP contribution in [0.4, 0.5) is 0 Å². The van der Waals surface area contributed by atoms with Crippen LogP contribution in [0, 0.1) is 0 Å². The van der Waals surface area contributed by atoms with Gasteiger partial charge < -0.3 is 4.74 Å². The minimum absolute atomic E-state index is 0.209. The van der Waals surface area contributed by atoms with Gasteiger partial charge in [-0.3, -0.25) is 0 Å². The van der Waals surface area contributed by atoms with Crippen molar-refractivity contribution in [2.24, 2.45) is 0 Å². The van der Waals surface area contributed by atoms with Crippen molar-refractivity contribution in [1.29, 1.82) is 0 Å². The third-order valence-electron chi connectivity index (χ3n) is 3.04. The van der Waals surface area contributed by atoms with Crippen LogP contribution < -0.4 is 0 Å². The minimum atomic E-state index is -0.548. The van der Waals surface area contributed by atoms with E-state index in [2.05, 4.69) is 10.1 Å². The van der Waals surface area contributed by atoms with Crippen LogP contribution >= 0.6 is 34.8 Å². The molecule has 2 heterocycles. The second-order valence-corrected chi connectivity index (χ2v) is 5.60. The van der Waals surface area contributed by atoms with E-state index in [-0.39, 0.29) is 5.69 Å². The molecule has 1 aromatic carbocycles. The summed E-state index contributed by atoms with van der Waals surface area (Å²) < 4.78 is 6.10. The fourth-order valence-corrected chi connectivity index (χ4v) is 2.45. The Kier molecular flexibility index (Phi) is 3.95. The van der Waals surface area contributed by atoms with Gasteiger partial charge in [0.15, 0.2) is 11.3 Å². The molecule has 0 aliphatic carbocycles. The van der Waals surface area contributed by atoms with E-state index in [4.69, 9.17) is 39.5 Å². The molecule has 0 amide bonds. The molecule has 8 heteroatoms. The first-order valence-electron chi connectivity index (χ1n) is 6.09. The van der Waals surface area contributed by atoms with Crippen molar-refractivity contribution in [3.05, 3.63) is 51.2 Å². The Hall–Kier alpha value is -1.82. The molecule has 0 N–H and O–H groups in total. The number of hydrogen-bond donors (Lipinski definition) is 0. The first kappa shape index (κ1) is 15.1. The number of esters is 1. The van der Waals surface area contributed by atoms with Crippen LogP contribution in [-0.4, -0.2) is 27.7 Å². The minimum Gasteiger partial charge on any atom is -0.464 e. The van der Waals surface area contributed by atoms with E-state index in [1.54, 1.807) is 24.3 Å². The molecule has 2 aromatic heterocycles. The SMILES string of the molecule is COC(=O)c1cc(-c2ccc(Cl)c(Cl)c2)nc2c(Cl)cnn12. The van der Waals surface area contributed by atoms with Crippen LogP contribution in [0.1, 0.15) is 10.5 Å². The first-order chi connectivity index (χ1) is 10.5. The van der Waals surface area contributed by atoms with Gasteiger partial charge >= 0.3 is 5.97 Å². The maximum atomic E-state index is 11.9. The zero-order valence-electron chi connectivity index (χ0n) is 11.2. The van der Waals surface area contributed by atoms with Crippen molar-refractivity contribution in [3.8, 4) is 11.3 Å². The fraction of sp³-hybridized carbons (Fsp3) is 0.0714. The average Bonchev–Trinajstić information content (AvgIpc) is 2.90. The van der Waals surface area contributed by atoms with Crippen molar-refractivity contribution >= 4 is 46.4 Å². The number of benzene rings is 1. The summed E-state index contributed by atoms with van der Waals surface area (Å²) in [7, 11) is 1.29. The molecule has 5 nitrogen and oxygen atoms in total. The number of fused-ring (bicyclic) bond motifs is 1. The molecule has 22 heavy (non-hydrogen) atoms. The third-order valence-corrected chi connectivity index (χ3v) is 4.04. The lowest BCUT2D eigenvalue weighted by Crippen LogP contribution is -2.10. The summed E-state index contributed by atoms with van der Waals surface area (Å²) in [6.45, 7) is 0. The van der Waals surface area contributed by atoms with E-state index < -0.39 is 5.97 Å². The molecule has 3 aromatic rings. The Bertz CT molecular complexity index is 892. The Morgan fingerprint density at radius 2 is 1.91 bits per heavy atom. The number of ether oxygens (including phenoxy) is 1. The summed E-state index contributed by atoms with van der Waals surface area (Å²) in [6.07, 6.45) is 1.41. The summed E-state index contributed by atoms with van der Waals surface area (Å²) in [4.78, 5) is 16.4. The van der Waals surface area contributed by atoms with Crippen LogP contribution in [0.3, 0.4) is 0 Å². The van der Waals surface area contributed by atoms with Crippen molar-refractivity contribution in [2.75, 3.05) is 7.11 Å². The number of nitrogens with zero attached hydrogens (tertiary/aromatic N) is 3. The number of rotatable bonds is 2. The van der Waals surface area contributed by atoms with Gasteiger partial charge in [-0.2, -0.15) is 5.10 Å². The average molecular weight is 357 g/mol.